The third-order valence-electron chi connectivity index (χ3n) is 1.64. The Balaban J connectivity index is 3.05. The molecule has 66 valence electrons. The number of nitrogen functional groups attached to an aromatic ring is 1. The van der Waals surface area contributed by atoms with Crippen LogP contribution < -0.4 is 11.5 Å². The molecule has 0 bridgehead atoms. The predicted octanol–water partition coefficient (Wildman–Crippen LogP) is 0.181. The molecular formula is C8H12N2O2. The molecule has 0 atom stereocenters. The maximum Gasteiger partial charge on any atom is 0.139 e. The number of benzene rings is 1. The lowest BCUT2D eigenvalue weighted by Crippen LogP contribution is -2.03. The first kappa shape index (κ1) is 8.67. The molecule has 1 aromatic rings. The fourth-order valence-corrected chi connectivity index (χ4v) is 0.992. The van der Waals surface area contributed by atoms with Crippen molar-refractivity contribution in [1.29, 1.82) is 0 Å². The van der Waals surface area contributed by atoms with E-state index < -0.39 is 0 Å². The minimum Gasteiger partial charge on any atom is -0.508 e. The zero-order valence-electron chi connectivity index (χ0n) is 6.62. The lowest BCUT2D eigenvalue weighted by molar-refractivity contribution is 0.456. The van der Waals surface area contributed by atoms with E-state index in [0.717, 1.165) is 0 Å². The normalized spacial score (nSPS) is 10.1. The molecule has 0 aliphatic carbocycles. The number of hydrogen-bond acceptors (Lipinski definition) is 4. The first-order valence-corrected chi connectivity index (χ1v) is 3.65. The van der Waals surface area contributed by atoms with Crippen molar-refractivity contribution < 1.29 is 10.2 Å². The van der Waals surface area contributed by atoms with Gasteiger partial charge in [-0.15, -0.1) is 0 Å². The maximum atomic E-state index is 9.30. The van der Waals surface area contributed by atoms with Crippen LogP contribution in [-0.2, 0) is 6.42 Å². The van der Waals surface area contributed by atoms with Crippen LogP contribution >= 0.6 is 0 Å². The SMILES string of the molecule is NCCc1cc(O)c(N)cc1O. The first-order valence-electron chi connectivity index (χ1n) is 3.65. The van der Waals surface area contributed by atoms with Gasteiger partial charge in [0, 0.05) is 6.07 Å². The molecule has 1 rings (SSSR count). The van der Waals surface area contributed by atoms with Crippen LogP contribution in [-0.4, -0.2) is 16.8 Å². The zero-order chi connectivity index (χ0) is 9.14. The molecule has 0 radical (unpaired) electrons. The van der Waals surface area contributed by atoms with Gasteiger partial charge in [-0.2, -0.15) is 0 Å². The van der Waals surface area contributed by atoms with Crippen LogP contribution in [0.2, 0.25) is 0 Å². The van der Waals surface area contributed by atoms with Gasteiger partial charge in [-0.3, -0.25) is 0 Å². The number of phenols is 2. The lowest BCUT2D eigenvalue weighted by Gasteiger charge is -2.05. The van der Waals surface area contributed by atoms with Gasteiger partial charge >= 0.3 is 0 Å². The number of hydrogen-bond donors (Lipinski definition) is 4. The van der Waals surface area contributed by atoms with E-state index in [1.54, 1.807) is 0 Å². The predicted molar refractivity (Wildman–Crippen MR) is 46.9 cm³/mol. The molecule has 6 N–H and O–H groups in total. The molecule has 0 amide bonds. The second-order valence-electron chi connectivity index (χ2n) is 2.58. The Kier molecular flexibility index (Phi) is 2.40. The van der Waals surface area contributed by atoms with E-state index in [2.05, 4.69) is 0 Å². The smallest absolute Gasteiger partial charge is 0.139 e. The number of phenolic OH excluding ortho intramolecular Hbond substituents is 2. The van der Waals surface area contributed by atoms with Crippen LogP contribution in [0.4, 0.5) is 5.69 Å². The average molecular weight is 168 g/mol. The molecule has 0 spiro atoms. The molecule has 4 nitrogen and oxygen atoms in total. The molecule has 12 heavy (non-hydrogen) atoms. The molecule has 0 aliphatic heterocycles. The van der Waals surface area contributed by atoms with E-state index in [1.807, 2.05) is 0 Å². The Morgan fingerprint density at radius 1 is 1.17 bits per heavy atom. The second-order valence-corrected chi connectivity index (χ2v) is 2.58. The summed E-state index contributed by atoms with van der Waals surface area (Å²) in [7, 11) is 0. The topological polar surface area (TPSA) is 92.5 Å². The highest BCUT2D eigenvalue weighted by molar-refractivity contribution is 5.58. The van der Waals surface area contributed by atoms with Crippen molar-refractivity contribution in [1.82, 2.24) is 0 Å². The van der Waals surface area contributed by atoms with Crippen molar-refractivity contribution in [2.45, 2.75) is 6.42 Å². The highest BCUT2D eigenvalue weighted by atomic mass is 16.3. The zero-order valence-corrected chi connectivity index (χ0v) is 6.62. The minimum atomic E-state index is -0.0174. The van der Waals surface area contributed by atoms with Gasteiger partial charge in [0.25, 0.3) is 0 Å². The standard InChI is InChI=1S/C8H12N2O2/c9-2-1-5-3-8(12)6(10)4-7(5)11/h3-4,11-12H,1-2,9-10H2. The van der Waals surface area contributed by atoms with E-state index in [0.29, 0.717) is 18.5 Å². The minimum absolute atomic E-state index is 0.0174. The largest absolute Gasteiger partial charge is 0.508 e. The van der Waals surface area contributed by atoms with Gasteiger partial charge in [0.1, 0.15) is 11.5 Å². The Hall–Kier alpha value is -1.42. The molecule has 0 aromatic heterocycles. The van der Waals surface area contributed by atoms with Gasteiger partial charge in [0.05, 0.1) is 5.69 Å². The van der Waals surface area contributed by atoms with E-state index >= 15 is 0 Å². The summed E-state index contributed by atoms with van der Waals surface area (Å²) < 4.78 is 0. The van der Waals surface area contributed by atoms with Gasteiger partial charge in [-0.25, -0.2) is 0 Å². The summed E-state index contributed by atoms with van der Waals surface area (Å²) in [6.07, 6.45) is 0.527. The summed E-state index contributed by atoms with van der Waals surface area (Å²) in [5.41, 5.74) is 11.4. The molecular weight excluding hydrogens is 156 g/mol. The summed E-state index contributed by atoms with van der Waals surface area (Å²) >= 11 is 0. The van der Waals surface area contributed by atoms with Crippen LogP contribution in [0, 0.1) is 0 Å². The summed E-state index contributed by atoms with van der Waals surface area (Å²) in [5, 5.41) is 18.5. The van der Waals surface area contributed by atoms with E-state index in [4.69, 9.17) is 11.5 Å². The van der Waals surface area contributed by atoms with Gasteiger partial charge in [0.15, 0.2) is 0 Å². The van der Waals surface area contributed by atoms with E-state index in [1.165, 1.54) is 12.1 Å². The molecule has 0 heterocycles. The molecule has 0 aliphatic rings. The average Bonchev–Trinajstić information content (AvgIpc) is 2.01. The Labute approximate surface area is 70.4 Å². The molecule has 0 saturated heterocycles. The number of rotatable bonds is 2. The van der Waals surface area contributed by atoms with Crippen molar-refractivity contribution in [2.24, 2.45) is 5.73 Å². The summed E-state index contributed by atoms with van der Waals surface area (Å²) in [6.45, 7) is 0.427. The molecule has 0 saturated carbocycles. The van der Waals surface area contributed by atoms with Crippen molar-refractivity contribution in [3.8, 4) is 11.5 Å². The van der Waals surface area contributed by atoms with Crippen molar-refractivity contribution in [2.75, 3.05) is 12.3 Å². The van der Waals surface area contributed by atoms with Crippen molar-refractivity contribution in [3.63, 3.8) is 0 Å². The third kappa shape index (κ3) is 1.60. The number of aromatic hydroxyl groups is 2. The Bertz CT molecular complexity index is 287. The summed E-state index contributed by atoms with van der Waals surface area (Å²) in [5.74, 6) is 0.0620. The quantitative estimate of drug-likeness (QED) is 0.288. The maximum absolute atomic E-state index is 9.30. The van der Waals surface area contributed by atoms with Crippen LogP contribution in [0.3, 0.4) is 0 Å². The fourth-order valence-electron chi connectivity index (χ4n) is 0.992. The van der Waals surface area contributed by atoms with E-state index in [-0.39, 0.29) is 17.2 Å². The number of anilines is 1. The van der Waals surface area contributed by atoms with Gasteiger partial charge in [-0.05, 0) is 24.6 Å². The van der Waals surface area contributed by atoms with E-state index in [9.17, 15) is 10.2 Å². The lowest BCUT2D eigenvalue weighted by atomic mass is 10.1. The second kappa shape index (κ2) is 3.32. The molecule has 0 unspecified atom stereocenters. The summed E-state index contributed by atoms with van der Waals surface area (Å²) in [6, 6.07) is 2.75. The van der Waals surface area contributed by atoms with Crippen LogP contribution in [0.15, 0.2) is 12.1 Å². The highest BCUT2D eigenvalue weighted by Gasteiger charge is 2.04. The summed E-state index contributed by atoms with van der Waals surface area (Å²) in [4.78, 5) is 0. The molecule has 4 heteroatoms. The highest BCUT2D eigenvalue weighted by Crippen LogP contribution is 2.28. The number of nitrogens with two attached hydrogens (primary N) is 2. The third-order valence-corrected chi connectivity index (χ3v) is 1.64. The molecule has 1 aromatic carbocycles. The Morgan fingerprint density at radius 3 is 2.42 bits per heavy atom. The Morgan fingerprint density at radius 2 is 1.83 bits per heavy atom. The monoisotopic (exact) mass is 168 g/mol. The van der Waals surface area contributed by atoms with Crippen molar-refractivity contribution >= 4 is 5.69 Å². The van der Waals surface area contributed by atoms with Crippen LogP contribution in [0.25, 0.3) is 0 Å². The van der Waals surface area contributed by atoms with Crippen LogP contribution in [0.1, 0.15) is 5.56 Å². The molecule has 0 fully saturated rings. The van der Waals surface area contributed by atoms with Gasteiger partial charge in [0.2, 0.25) is 0 Å². The van der Waals surface area contributed by atoms with Crippen molar-refractivity contribution in [3.05, 3.63) is 17.7 Å². The first-order chi connectivity index (χ1) is 5.65. The van der Waals surface area contributed by atoms with Gasteiger partial charge in [-0.1, -0.05) is 0 Å². The van der Waals surface area contributed by atoms with Crippen LogP contribution in [0.5, 0.6) is 11.5 Å². The fraction of sp³-hybridized carbons (Fsp3) is 0.250. The van der Waals surface area contributed by atoms with Gasteiger partial charge < -0.3 is 21.7 Å².